The Kier molecular flexibility index (Phi) is 5.33. The number of fused-ring (bicyclic) bond motifs is 1. The predicted octanol–water partition coefficient (Wildman–Crippen LogP) is 1.61. The Hall–Kier alpha value is -2.20. The molecule has 138 valence electrons. The van der Waals surface area contributed by atoms with E-state index in [9.17, 15) is 17.6 Å². The van der Waals surface area contributed by atoms with Gasteiger partial charge in [0.2, 0.25) is 16.0 Å². The van der Waals surface area contributed by atoms with Gasteiger partial charge in [0.25, 0.3) is 5.56 Å². The fourth-order valence-corrected chi connectivity index (χ4v) is 3.18. The molecule has 0 fully saturated rings. The van der Waals surface area contributed by atoms with E-state index >= 15 is 0 Å². The Morgan fingerprint density at radius 1 is 1.40 bits per heavy atom. The van der Waals surface area contributed by atoms with Crippen LogP contribution in [0.1, 0.15) is 43.7 Å². The van der Waals surface area contributed by atoms with Crippen LogP contribution in [0.2, 0.25) is 0 Å². The quantitative estimate of drug-likeness (QED) is 0.796. The number of ether oxygens (including phenoxy) is 1. The highest BCUT2D eigenvalue weighted by Crippen LogP contribution is 2.32. The number of rotatable bonds is 6. The molecule has 8 nitrogen and oxygen atoms in total. The molecule has 0 aliphatic rings. The molecular formula is C15H21FN4O4S. The van der Waals surface area contributed by atoms with Crippen LogP contribution in [0.5, 0.6) is 0 Å². The minimum absolute atomic E-state index is 0.111. The number of aromatic nitrogens is 2. The maximum atomic E-state index is 14.1. The van der Waals surface area contributed by atoms with Crippen molar-refractivity contribution in [3.05, 3.63) is 33.6 Å². The SMILES string of the molecule is CCC(OC)c1cc2c(=O)n(NS(C)(=O)=O)c(N)nc2cc1C(C)F. The maximum absolute atomic E-state index is 14.1. The molecule has 0 saturated carbocycles. The normalized spacial score (nSPS) is 14.4. The van der Waals surface area contributed by atoms with E-state index in [1.54, 1.807) is 0 Å². The van der Waals surface area contributed by atoms with Crippen molar-refractivity contribution in [2.45, 2.75) is 32.5 Å². The summed E-state index contributed by atoms with van der Waals surface area (Å²) < 4.78 is 42.9. The molecule has 0 radical (unpaired) electrons. The summed E-state index contributed by atoms with van der Waals surface area (Å²) in [5, 5.41) is 0.111. The highest BCUT2D eigenvalue weighted by atomic mass is 32.2. The number of hydrogen-bond donors (Lipinski definition) is 2. The number of hydrogen-bond acceptors (Lipinski definition) is 6. The lowest BCUT2D eigenvalue weighted by Gasteiger charge is -2.20. The number of benzene rings is 1. The summed E-state index contributed by atoms with van der Waals surface area (Å²) in [5.41, 5.74) is 6.03. The van der Waals surface area contributed by atoms with E-state index in [-0.39, 0.29) is 16.9 Å². The van der Waals surface area contributed by atoms with Crippen molar-refractivity contribution < 1.29 is 17.5 Å². The van der Waals surface area contributed by atoms with Crippen LogP contribution >= 0.6 is 0 Å². The van der Waals surface area contributed by atoms with Crippen molar-refractivity contribution in [1.29, 1.82) is 0 Å². The summed E-state index contributed by atoms with van der Waals surface area (Å²) >= 11 is 0. The van der Waals surface area contributed by atoms with Crippen LogP contribution in [-0.2, 0) is 14.8 Å². The smallest absolute Gasteiger partial charge is 0.282 e. The van der Waals surface area contributed by atoms with Gasteiger partial charge in [-0.3, -0.25) is 4.79 Å². The second kappa shape index (κ2) is 6.96. The van der Waals surface area contributed by atoms with E-state index in [1.165, 1.54) is 26.2 Å². The van der Waals surface area contributed by atoms with Gasteiger partial charge in [0.1, 0.15) is 6.17 Å². The first kappa shape index (κ1) is 19.1. The van der Waals surface area contributed by atoms with Crippen LogP contribution in [0, 0.1) is 0 Å². The Balaban J connectivity index is 2.83. The molecule has 2 rings (SSSR count). The molecule has 1 heterocycles. The lowest BCUT2D eigenvalue weighted by atomic mass is 9.96. The van der Waals surface area contributed by atoms with Gasteiger partial charge in [-0.2, -0.15) is 4.68 Å². The first-order valence-corrected chi connectivity index (χ1v) is 9.48. The van der Waals surface area contributed by atoms with E-state index in [4.69, 9.17) is 10.5 Å². The Morgan fingerprint density at radius 3 is 2.52 bits per heavy atom. The first-order chi connectivity index (χ1) is 11.6. The third-order valence-corrected chi connectivity index (χ3v) is 4.30. The van der Waals surface area contributed by atoms with E-state index in [0.29, 0.717) is 22.2 Å². The molecule has 10 heteroatoms. The molecule has 1 aromatic heterocycles. The summed E-state index contributed by atoms with van der Waals surface area (Å²) in [5.74, 6) is -0.341. The monoisotopic (exact) mass is 372 g/mol. The van der Waals surface area contributed by atoms with Crippen LogP contribution in [-0.4, -0.2) is 31.4 Å². The van der Waals surface area contributed by atoms with E-state index in [1.807, 2.05) is 11.8 Å². The number of nitrogens with zero attached hydrogens (tertiary/aromatic N) is 2. The third kappa shape index (κ3) is 3.90. The largest absolute Gasteiger partial charge is 0.377 e. The van der Waals surface area contributed by atoms with Gasteiger partial charge in [-0.25, -0.2) is 22.6 Å². The minimum atomic E-state index is -3.74. The molecule has 2 atom stereocenters. The number of sulfonamides is 1. The van der Waals surface area contributed by atoms with Crippen molar-refractivity contribution in [3.8, 4) is 0 Å². The van der Waals surface area contributed by atoms with E-state index < -0.39 is 27.9 Å². The van der Waals surface area contributed by atoms with Crippen molar-refractivity contribution in [3.63, 3.8) is 0 Å². The number of nitrogens with one attached hydrogen (secondary N) is 1. The van der Waals surface area contributed by atoms with Crippen LogP contribution in [0.3, 0.4) is 0 Å². The number of nitrogens with two attached hydrogens (primary N) is 1. The van der Waals surface area contributed by atoms with E-state index in [0.717, 1.165) is 6.26 Å². The zero-order chi connectivity index (χ0) is 18.9. The molecule has 0 aliphatic heterocycles. The third-order valence-electron chi connectivity index (χ3n) is 3.79. The summed E-state index contributed by atoms with van der Waals surface area (Å²) in [6.07, 6.45) is -0.255. The number of alkyl halides is 1. The molecule has 25 heavy (non-hydrogen) atoms. The van der Waals surface area contributed by atoms with Crippen molar-refractivity contribution in [2.24, 2.45) is 0 Å². The fraction of sp³-hybridized carbons (Fsp3) is 0.467. The Morgan fingerprint density at radius 2 is 2.04 bits per heavy atom. The fourth-order valence-electron chi connectivity index (χ4n) is 2.67. The number of nitrogen functional groups attached to an aromatic ring is 1. The molecule has 3 N–H and O–H groups in total. The van der Waals surface area contributed by atoms with Crippen molar-refractivity contribution in [1.82, 2.24) is 9.66 Å². The van der Waals surface area contributed by atoms with Gasteiger partial charge in [-0.05, 0) is 36.6 Å². The molecule has 0 saturated heterocycles. The second-order valence-electron chi connectivity index (χ2n) is 5.72. The predicted molar refractivity (Wildman–Crippen MR) is 94.2 cm³/mol. The highest BCUT2D eigenvalue weighted by Gasteiger charge is 2.21. The summed E-state index contributed by atoms with van der Waals surface area (Å²) in [4.78, 5) is 18.7. The van der Waals surface area contributed by atoms with Gasteiger partial charge in [-0.15, -0.1) is 0 Å². The standard InChI is InChI=1S/C15H21FN4O4S/c1-5-13(24-3)10-6-11-12(7-9(10)8(2)16)18-15(17)20(14(11)21)19-25(4,22)23/h6-8,13,19H,5H2,1-4H3,(H2,17,18). The van der Waals surface area contributed by atoms with E-state index in [2.05, 4.69) is 4.98 Å². The molecule has 0 amide bonds. The van der Waals surface area contributed by atoms with Gasteiger partial charge in [0.05, 0.1) is 23.3 Å². The van der Waals surface area contributed by atoms with Gasteiger partial charge >= 0.3 is 0 Å². The molecule has 1 aromatic carbocycles. The minimum Gasteiger partial charge on any atom is -0.377 e. The Labute approximate surface area is 144 Å². The summed E-state index contributed by atoms with van der Waals surface area (Å²) in [7, 11) is -2.24. The molecule has 2 aromatic rings. The van der Waals surface area contributed by atoms with Crippen molar-refractivity contribution >= 4 is 26.9 Å². The molecule has 2 unspecified atom stereocenters. The number of methoxy groups -OCH3 is 1. The van der Waals surface area contributed by atoms with Crippen LogP contribution < -0.4 is 16.1 Å². The second-order valence-corrected chi connectivity index (χ2v) is 7.45. The Bertz CT molecular complexity index is 952. The van der Waals surface area contributed by atoms with Crippen molar-refractivity contribution in [2.75, 3.05) is 23.9 Å². The highest BCUT2D eigenvalue weighted by molar-refractivity contribution is 7.91. The number of halogens is 1. The first-order valence-electron chi connectivity index (χ1n) is 7.59. The lowest BCUT2D eigenvalue weighted by Crippen LogP contribution is -2.35. The topological polar surface area (TPSA) is 116 Å². The van der Waals surface area contributed by atoms with Crippen LogP contribution in [0.15, 0.2) is 16.9 Å². The summed E-state index contributed by atoms with van der Waals surface area (Å²) in [6.45, 7) is 3.25. The zero-order valence-electron chi connectivity index (χ0n) is 14.4. The average Bonchev–Trinajstić information content (AvgIpc) is 2.51. The summed E-state index contributed by atoms with van der Waals surface area (Å²) in [6, 6.07) is 2.92. The molecule has 0 spiro atoms. The van der Waals surface area contributed by atoms with Gasteiger partial charge in [0, 0.05) is 7.11 Å². The van der Waals surface area contributed by atoms with Gasteiger partial charge in [0.15, 0.2) is 0 Å². The van der Waals surface area contributed by atoms with Gasteiger partial charge < -0.3 is 10.5 Å². The van der Waals surface area contributed by atoms with Crippen LogP contribution in [0.4, 0.5) is 10.3 Å². The molecule has 0 bridgehead atoms. The lowest BCUT2D eigenvalue weighted by molar-refractivity contribution is 0.0982. The zero-order valence-corrected chi connectivity index (χ0v) is 15.2. The van der Waals surface area contributed by atoms with Gasteiger partial charge in [-0.1, -0.05) is 6.92 Å². The van der Waals surface area contributed by atoms with Crippen LogP contribution in [0.25, 0.3) is 10.9 Å². The molecular weight excluding hydrogens is 351 g/mol. The maximum Gasteiger partial charge on any atom is 0.282 e. The molecule has 0 aliphatic carbocycles. The number of anilines is 1. The average molecular weight is 372 g/mol.